The van der Waals surface area contributed by atoms with Gasteiger partial charge < -0.3 is 5.32 Å². The Morgan fingerprint density at radius 3 is 2.46 bits per heavy atom. The van der Waals surface area contributed by atoms with E-state index in [1.165, 1.54) is 0 Å². The smallest absolute Gasteiger partial charge is 0.242 e. The van der Waals surface area contributed by atoms with E-state index in [0.29, 0.717) is 13.1 Å². The molecule has 5 nitrogen and oxygen atoms in total. The Morgan fingerprint density at radius 2 is 1.73 bits per heavy atom. The molecule has 2 heterocycles. The number of aryl methyl sites for hydroxylation is 1. The predicted molar refractivity (Wildman–Crippen MR) is 101 cm³/mol. The molecule has 1 unspecified atom stereocenters. The Balaban J connectivity index is 1.73. The van der Waals surface area contributed by atoms with Gasteiger partial charge >= 0.3 is 0 Å². The number of carbonyl (C=O) groups excluding carboxylic acids is 1. The zero-order valence-electron chi connectivity index (χ0n) is 14.7. The first-order chi connectivity index (χ1) is 12.7. The zero-order valence-corrected chi connectivity index (χ0v) is 14.7. The van der Waals surface area contributed by atoms with Crippen molar-refractivity contribution in [2.24, 2.45) is 0 Å². The molecule has 1 atom stereocenters. The molecule has 132 valence electrons. The second kappa shape index (κ2) is 8.87. The Kier molecular flexibility index (Phi) is 6.06. The van der Waals surface area contributed by atoms with E-state index in [-0.39, 0.29) is 5.91 Å². The van der Waals surface area contributed by atoms with Crippen LogP contribution in [0.2, 0.25) is 0 Å². The highest BCUT2D eigenvalue weighted by Gasteiger charge is 2.21. The molecule has 26 heavy (non-hydrogen) atoms. The average molecular weight is 346 g/mol. The summed E-state index contributed by atoms with van der Waals surface area (Å²) in [7, 11) is 0. The SMILES string of the molecule is Cc1ccccc1C(NCc1cccnc1)C(=O)NCc1ccncc1. The zero-order chi connectivity index (χ0) is 18.2. The maximum absolute atomic E-state index is 12.9. The Morgan fingerprint density at radius 1 is 0.923 bits per heavy atom. The number of rotatable bonds is 7. The summed E-state index contributed by atoms with van der Waals surface area (Å²) in [5.41, 5.74) is 4.11. The summed E-state index contributed by atoms with van der Waals surface area (Å²) in [4.78, 5) is 21.0. The molecule has 1 amide bonds. The maximum Gasteiger partial charge on any atom is 0.242 e. The lowest BCUT2D eigenvalue weighted by Crippen LogP contribution is -2.37. The molecule has 0 saturated heterocycles. The van der Waals surface area contributed by atoms with Crippen molar-refractivity contribution >= 4 is 5.91 Å². The summed E-state index contributed by atoms with van der Waals surface area (Å²) >= 11 is 0. The highest BCUT2D eigenvalue weighted by molar-refractivity contribution is 5.83. The lowest BCUT2D eigenvalue weighted by atomic mass is 10.00. The minimum absolute atomic E-state index is 0.0556. The van der Waals surface area contributed by atoms with Crippen LogP contribution in [0.4, 0.5) is 0 Å². The minimum Gasteiger partial charge on any atom is -0.350 e. The highest BCUT2D eigenvalue weighted by atomic mass is 16.2. The van der Waals surface area contributed by atoms with E-state index < -0.39 is 6.04 Å². The molecule has 0 aliphatic heterocycles. The molecule has 0 bridgehead atoms. The van der Waals surface area contributed by atoms with Crippen LogP contribution in [0.25, 0.3) is 0 Å². The van der Waals surface area contributed by atoms with E-state index in [2.05, 4.69) is 20.6 Å². The lowest BCUT2D eigenvalue weighted by molar-refractivity contribution is -0.123. The van der Waals surface area contributed by atoms with Crippen LogP contribution in [0.1, 0.15) is 28.3 Å². The quantitative estimate of drug-likeness (QED) is 0.690. The van der Waals surface area contributed by atoms with Crippen molar-refractivity contribution in [3.63, 3.8) is 0 Å². The van der Waals surface area contributed by atoms with Crippen LogP contribution >= 0.6 is 0 Å². The molecular formula is C21H22N4O. The molecule has 0 aliphatic rings. The first-order valence-corrected chi connectivity index (χ1v) is 8.58. The van der Waals surface area contributed by atoms with Crippen molar-refractivity contribution in [1.29, 1.82) is 0 Å². The van der Waals surface area contributed by atoms with Gasteiger partial charge in [-0.15, -0.1) is 0 Å². The van der Waals surface area contributed by atoms with Crippen molar-refractivity contribution in [1.82, 2.24) is 20.6 Å². The normalized spacial score (nSPS) is 11.7. The second-order valence-corrected chi connectivity index (χ2v) is 6.11. The number of hydrogen-bond donors (Lipinski definition) is 2. The van der Waals surface area contributed by atoms with Crippen LogP contribution in [0, 0.1) is 6.92 Å². The van der Waals surface area contributed by atoms with Gasteiger partial charge in [0, 0.05) is 37.9 Å². The Bertz CT molecular complexity index is 837. The van der Waals surface area contributed by atoms with E-state index in [1.54, 1.807) is 24.8 Å². The van der Waals surface area contributed by atoms with E-state index in [9.17, 15) is 4.79 Å². The van der Waals surface area contributed by atoms with Gasteiger partial charge in [-0.25, -0.2) is 0 Å². The summed E-state index contributed by atoms with van der Waals surface area (Å²) < 4.78 is 0. The Hall–Kier alpha value is -3.05. The van der Waals surface area contributed by atoms with Gasteiger partial charge in [0.05, 0.1) is 0 Å². The molecule has 0 spiro atoms. The molecule has 0 aliphatic carbocycles. The van der Waals surface area contributed by atoms with Gasteiger partial charge in [-0.1, -0.05) is 30.3 Å². The summed E-state index contributed by atoms with van der Waals surface area (Å²) in [5.74, 6) is -0.0556. The van der Waals surface area contributed by atoms with Crippen molar-refractivity contribution in [3.8, 4) is 0 Å². The van der Waals surface area contributed by atoms with Gasteiger partial charge in [0.2, 0.25) is 5.91 Å². The minimum atomic E-state index is -0.432. The molecule has 3 aromatic rings. The monoisotopic (exact) mass is 346 g/mol. The number of pyridine rings is 2. The molecular weight excluding hydrogens is 324 g/mol. The molecule has 2 aromatic heterocycles. The molecule has 0 radical (unpaired) electrons. The summed E-state index contributed by atoms with van der Waals surface area (Å²) in [5, 5.41) is 6.38. The van der Waals surface area contributed by atoms with Crippen LogP contribution in [0.15, 0.2) is 73.3 Å². The third kappa shape index (κ3) is 4.74. The van der Waals surface area contributed by atoms with Crippen molar-refractivity contribution in [2.75, 3.05) is 0 Å². The van der Waals surface area contributed by atoms with E-state index in [0.717, 1.165) is 22.3 Å². The fraction of sp³-hybridized carbons (Fsp3) is 0.190. The van der Waals surface area contributed by atoms with Crippen molar-refractivity contribution in [2.45, 2.75) is 26.1 Å². The molecule has 5 heteroatoms. The fourth-order valence-electron chi connectivity index (χ4n) is 2.77. The molecule has 2 N–H and O–H groups in total. The van der Waals surface area contributed by atoms with Crippen LogP contribution < -0.4 is 10.6 Å². The summed E-state index contributed by atoms with van der Waals surface area (Å²) in [6, 6.07) is 15.2. The third-order valence-electron chi connectivity index (χ3n) is 4.21. The van der Waals surface area contributed by atoms with Gasteiger partial charge in [-0.3, -0.25) is 20.1 Å². The topological polar surface area (TPSA) is 66.9 Å². The number of amides is 1. The van der Waals surface area contributed by atoms with Gasteiger partial charge in [-0.05, 0) is 47.4 Å². The lowest BCUT2D eigenvalue weighted by Gasteiger charge is -2.21. The van der Waals surface area contributed by atoms with Gasteiger partial charge in [-0.2, -0.15) is 0 Å². The second-order valence-electron chi connectivity index (χ2n) is 6.11. The van der Waals surface area contributed by atoms with Crippen LogP contribution in [-0.4, -0.2) is 15.9 Å². The summed E-state index contributed by atoms with van der Waals surface area (Å²) in [6.07, 6.45) is 6.99. The number of hydrogen-bond acceptors (Lipinski definition) is 4. The van der Waals surface area contributed by atoms with Crippen molar-refractivity contribution < 1.29 is 4.79 Å². The third-order valence-corrected chi connectivity index (χ3v) is 4.21. The molecule has 3 rings (SSSR count). The van der Waals surface area contributed by atoms with Crippen LogP contribution in [-0.2, 0) is 17.9 Å². The standard InChI is InChI=1S/C21H22N4O/c1-16-5-2-3-7-19(16)20(24-15-18-6-4-10-23-13-18)21(26)25-14-17-8-11-22-12-9-17/h2-13,20,24H,14-15H2,1H3,(H,25,26). The van der Waals surface area contributed by atoms with Gasteiger partial charge in [0.15, 0.2) is 0 Å². The van der Waals surface area contributed by atoms with E-state index in [1.807, 2.05) is 55.5 Å². The van der Waals surface area contributed by atoms with Crippen LogP contribution in [0.3, 0.4) is 0 Å². The summed E-state index contributed by atoms with van der Waals surface area (Å²) in [6.45, 7) is 3.05. The predicted octanol–water partition coefficient (Wildman–Crippen LogP) is 2.93. The fourth-order valence-corrected chi connectivity index (χ4v) is 2.77. The van der Waals surface area contributed by atoms with Gasteiger partial charge in [0.1, 0.15) is 6.04 Å². The first kappa shape index (κ1) is 17.8. The van der Waals surface area contributed by atoms with E-state index >= 15 is 0 Å². The number of nitrogens with one attached hydrogen (secondary N) is 2. The number of aromatic nitrogens is 2. The van der Waals surface area contributed by atoms with Crippen molar-refractivity contribution in [3.05, 3.63) is 95.6 Å². The molecule has 0 saturated carbocycles. The highest BCUT2D eigenvalue weighted by Crippen LogP contribution is 2.18. The van der Waals surface area contributed by atoms with E-state index in [4.69, 9.17) is 0 Å². The first-order valence-electron chi connectivity index (χ1n) is 8.58. The maximum atomic E-state index is 12.9. The van der Waals surface area contributed by atoms with Crippen LogP contribution in [0.5, 0.6) is 0 Å². The average Bonchev–Trinajstić information content (AvgIpc) is 2.69. The molecule has 1 aromatic carbocycles. The number of benzene rings is 1. The Labute approximate surface area is 153 Å². The largest absolute Gasteiger partial charge is 0.350 e. The number of carbonyl (C=O) groups is 1. The number of nitrogens with zero attached hydrogens (tertiary/aromatic N) is 2. The molecule has 0 fully saturated rings. The van der Waals surface area contributed by atoms with Gasteiger partial charge in [0.25, 0.3) is 0 Å².